The number of primary amides is 1. The number of hydrogen-bond donors (Lipinski definition) is 4. The third kappa shape index (κ3) is 6.86. The van der Waals surface area contributed by atoms with Crippen LogP contribution in [0.3, 0.4) is 0 Å². The van der Waals surface area contributed by atoms with Crippen LogP contribution in [0, 0.1) is 34.5 Å². The van der Waals surface area contributed by atoms with Crippen LogP contribution in [0.15, 0.2) is 0 Å². The fourth-order valence-corrected chi connectivity index (χ4v) is 9.43. The van der Waals surface area contributed by atoms with Crippen LogP contribution in [0.5, 0.6) is 0 Å². The van der Waals surface area contributed by atoms with Gasteiger partial charge in [-0.2, -0.15) is 0 Å². The van der Waals surface area contributed by atoms with Gasteiger partial charge in [0.05, 0.1) is 17.0 Å². The molecule has 2 aliphatic heterocycles. The maximum Gasteiger partial charge on any atom is 0.315 e. The summed E-state index contributed by atoms with van der Waals surface area (Å²) in [5, 5.41) is 7.71. The number of ketones is 1. The Hall–Kier alpha value is -2.70. The molecular formula is C30H49N5O7S. The molecular weight excluding hydrogens is 574 g/mol. The SMILES string of the molecule is CC(C)C(NC(=O)N[C@H](C(=O)N1C[C@H]2[C@@H]([C@H]1C(=O)NC(CC1CC1)C(=O)C(N)=O)C2(C)C)C(C)(C)C)C1CCCS1(=O)=O. The first-order valence-electron chi connectivity index (χ1n) is 15.5. The van der Waals surface area contributed by atoms with Crippen LogP contribution in [-0.4, -0.2) is 84.6 Å². The highest BCUT2D eigenvalue weighted by molar-refractivity contribution is 7.92. The van der Waals surface area contributed by atoms with E-state index in [1.165, 1.54) is 4.90 Å². The summed E-state index contributed by atoms with van der Waals surface area (Å²) in [5.41, 5.74) is 4.33. The van der Waals surface area contributed by atoms with Crippen LogP contribution in [0.4, 0.5) is 4.79 Å². The molecule has 0 bridgehead atoms. The van der Waals surface area contributed by atoms with Crippen molar-refractivity contribution in [1.82, 2.24) is 20.9 Å². The molecule has 242 valence electrons. The normalized spacial score (nSPS) is 29.3. The van der Waals surface area contributed by atoms with E-state index < -0.39 is 74.2 Å². The second-order valence-electron chi connectivity index (χ2n) is 15.1. The molecule has 0 radical (unpaired) electrons. The number of hydrogen-bond acceptors (Lipinski definition) is 7. The summed E-state index contributed by atoms with van der Waals surface area (Å²) in [5.74, 6) is -2.79. The monoisotopic (exact) mass is 623 g/mol. The van der Waals surface area contributed by atoms with Crippen molar-refractivity contribution in [3.05, 3.63) is 0 Å². The number of urea groups is 1. The lowest BCUT2D eigenvalue weighted by molar-refractivity contribution is -0.145. The quantitative estimate of drug-likeness (QED) is 0.249. The molecule has 13 heteroatoms. The van der Waals surface area contributed by atoms with Gasteiger partial charge in [-0.25, -0.2) is 13.2 Å². The van der Waals surface area contributed by atoms with Gasteiger partial charge in [-0.15, -0.1) is 0 Å². The second kappa shape index (κ2) is 11.7. The van der Waals surface area contributed by atoms with Gasteiger partial charge < -0.3 is 26.6 Å². The van der Waals surface area contributed by atoms with Crippen molar-refractivity contribution < 1.29 is 32.4 Å². The highest BCUT2D eigenvalue weighted by Gasteiger charge is 2.70. The number of fused-ring (bicyclic) bond motifs is 1. The molecule has 4 aliphatic rings. The Morgan fingerprint density at radius 1 is 1.00 bits per heavy atom. The smallest absolute Gasteiger partial charge is 0.315 e. The lowest BCUT2D eigenvalue weighted by Crippen LogP contribution is -2.62. The molecule has 43 heavy (non-hydrogen) atoms. The van der Waals surface area contributed by atoms with E-state index in [0.29, 0.717) is 25.8 Å². The highest BCUT2D eigenvalue weighted by Crippen LogP contribution is 2.65. The van der Waals surface area contributed by atoms with E-state index in [9.17, 15) is 32.4 Å². The van der Waals surface area contributed by atoms with Gasteiger partial charge in [-0.1, -0.05) is 61.3 Å². The number of nitrogens with zero attached hydrogens (tertiary/aromatic N) is 1. The van der Waals surface area contributed by atoms with E-state index in [2.05, 4.69) is 16.0 Å². The zero-order valence-electron chi connectivity index (χ0n) is 26.4. The van der Waals surface area contributed by atoms with Gasteiger partial charge in [0.25, 0.3) is 5.91 Å². The summed E-state index contributed by atoms with van der Waals surface area (Å²) in [6, 6.07) is -4.20. The fraction of sp³-hybridized carbons (Fsp3) is 0.833. The number of Topliss-reactive ketones (excluding diaryl/α,β-unsaturated/α-hetero) is 1. The van der Waals surface area contributed by atoms with Gasteiger partial charge in [0, 0.05) is 12.6 Å². The minimum Gasteiger partial charge on any atom is -0.363 e. The number of piperidine rings is 1. The van der Waals surface area contributed by atoms with E-state index in [1.54, 1.807) is 0 Å². The van der Waals surface area contributed by atoms with Crippen molar-refractivity contribution in [2.45, 2.75) is 110 Å². The molecule has 2 saturated heterocycles. The summed E-state index contributed by atoms with van der Waals surface area (Å²) in [6.07, 6.45) is 3.17. The van der Waals surface area contributed by atoms with Gasteiger partial charge in [-0.3, -0.25) is 19.2 Å². The molecule has 7 atom stereocenters. The Balaban J connectivity index is 1.53. The molecule has 2 heterocycles. The standard InChI is InChI=1S/C30H49N5O7S/c1-15(2)21(19-9-8-12-43(19,41)42)33-28(40)34-24(29(3,4)5)27(39)35-14-17-20(30(17,6)7)22(35)26(38)32-18(13-16-10-11-16)23(36)25(31)37/h15-22,24H,8-14H2,1-7H3,(H2,31,37)(H,32,38)(H2,33,34,40)/t17-,18?,19?,20-,21?,22-,24+/m0/s1. The molecule has 4 fully saturated rings. The zero-order valence-corrected chi connectivity index (χ0v) is 27.3. The van der Waals surface area contributed by atoms with Crippen LogP contribution in [0.25, 0.3) is 0 Å². The first-order chi connectivity index (χ1) is 19.8. The number of carbonyl (C=O) groups is 5. The number of sulfone groups is 1. The Kier molecular flexibility index (Phi) is 9.01. The summed E-state index contributed by atoms with van der Waals surface area (Å²) >= 11 is 0. The van der Waals surface area contributed by atoms with E-state index in [0.717, 1.165) is 12.8 Å². The van der Waals surface area contributed by atoms with Crippen LogP contribution < -0.4 is 21.7 Å². The minimum atomic E-state index is -3.33. The Morgan fingerprint density at radius 3 is 2.12 bits per heavy atom. The molecule has 0 aromatic carbocycles. The topological polar surface area (TPSA) is 185 Å². The summed E-state index contributed by atoms with van der Waals surface area (Å²) in [4.78, 5) is 67.1. The lowest BCUT2D eigenvalue weighted by atomic mass is 9.85. The molecule has 0 aromatic rings. The van der Waals surface area contributed by atoms with Gasteiger partial charge in [0.2, 0.25) is 17.6 Å². The van der Waals surface area contributed by atoms with Gasteiger partial charge >= 0.3 is 6.03 Å². The number of carbonyl (C=O) groups excluding carboxylic acids is 5. The molecule has 4 rings (SSSR count). The van der Waals surface area contributed by atoms with Crippen molar-refractivity contribution in [1.29, 1.82) is 0 Å². The fourth-order valence-electron chi connectivity index (χ4n) is 7.21. The van der Waals surface area contributed by atoms with E-state index >= 15 is 0 Å². The number of rotatable bonds is 11. The van der Waals surface area contributed by atoms with E-state index in [-0.39, 0.29) is 34.8 Å². The zero-order chi connectivity index (χ0) is 32.2. The van der Waals surface area contributed by atoms with Crippen molar-refractivity contribution in [3.63, 3.8) is 0 Å². The Morgan fingerprint density at radius 2 is 1.63 bits per heavy atom. The average molecular weight is 624 g/mol. The number of nitrogens with one attached hydrogen (secondary N) is 3. The summed E-state index contributed by atoms with van der Waals surface area (Å²) in [6.45, 7) is 13.5. The van der Waals surface area contributed by atoms with Crippen molar-refractivity contribution in [3.8, 4) is 0 Å². The molecule has 0 spiro atoms. The van der Waals surface area contributed by atoms with Gasteiger partial charge in [0.1, 0.15) is 12.1 Å². The summed E-state index contributed by atoms with van der Waals surface area (Å²) in [7, 11) is -3.33. The maximum absolute atomic E-state index is 14.2. The Labute approximate surface area is 254 Å². The molecule has 12 nitrogen and oxygen atoms in total. The molecule has 3 unspecified atom stereocenters. The second-order valence-corrected chi connectivity index (χ2v) is 17.4. The van der Waals surface area contributed by atoms with E-state index in [1.807, 2.05) is 48.5 Å². The molecule has 5 N–H and O–H groups in total. The molecule has 2 aliphatic carbocycles. The predicted molar refractivity (Wildman–Crippen MR) is 160 cm³/mol. The van der Waals surface area contributed by atoms with E-state index in [4.69, 9.17) is 5.73 Å². The average Bonchev–Trinajstić information content (AvgIpc) is 3.67. The van der Waals surface area contributed by atoms with Gasteiger partial charge in [0.15, 0.2) is 9.84 Å². The number of likely N-dealkylation sites (tertiary alicyclic amines) is 1. The van der Waals surface area contributed by atoms with Crippen LogP contribution in [0.1, 0.15) is 80.6 Å². The third-order valence-corrected chi connectivity index (χ3v) is 12.4. The van der Waals surface area contributed by atoms with Crippen molar-refractivity contribution in [2.24, 2.45) is 40.2 Å². The summed E-state index contributed by atoms with van der Waals surface area (Å²) < 4.78 is 25.3. The third-order valence-electron chi connectivity index (χ3n) is 10.1. The number of nitrogens with two attached hydrogens (primary N) is 1. The predicted octanol–water partition coefficient (Wildman–Crippen LogP) is 1.12. The lowest BCUT2D eigenvalue weighted by Gasteiger charge is -2.38. The highest BCUT2D eigenvalue weighted by atomic mass is 32.2. The van der Waals surface area contributed by atoms with Crippen LogP contribution in [-0.2, 0) is 29.0 Å². The molecule has 0 aromatic heterocycles. The minimum absolute atomic E-state index is 0.0632. The van der Waals surface area contributed by atoms with Crippen LogP contribution >= 0.6 is 0 Å². The Bertz CT molecular complexity index is 1270. The molecule has 5 amide bonds. The maximum atomic E-state index is 14.2. The first-order valence-corrected chi connectivity index (χ1v) is 17.2. The van der Waals surface area contributed by atoms with Crippen molar-refractivity contribution >= 4 is 39.4 Å². The largest absolute Gasteiger partial charge is 0.363 e. The van der Waals surface area contributed by atoms with Crippen LogP contribution in [0.2, 0.25) is 0 Å². The number of amides is 5. The first kappa shape index (κ1) is 33.2. The molecule has 2 saturated carbocycles. The van der Waals surface area contributed by atoms with Crippen molar-refractivity contribution in [2.75, 3.05) is 12.3 Å². The van der Waals surface area contributed by atoms with Gasteiger partial charge in [-0.05, 0) is 53.8 Å².